The first-order valence-corrected chi connectivity index (χ1v) is 25.0. The first-order chi connectivity index (χ1) is 27.1. The molecule has 0 spiro atoms. The van der Waals surface area contributed by atoms with Gasteiger partial charge in [0.15, 0.2) is 0 Å². The lowest BCUT2D eigenvalue weighted by Crippen LogP contribution is -2.37. The molecule has 0 amide bonds. The van der Waals surface area contributed by atoms with Crippen LogP contribution in [-0.2, 0) is 27.9 Å². The average Bonchev–Trinajstić information content (AvgIpc) is 3.15. The van der Waals surface area contributed by atoms with Gasteiger partial charge in [-0.1, -0.05) is 186 Å². The van der Waals surface area contributed by atoms with Crippen LogP contribution < -0.4 is 4.89 Å². The number of rotatable bonds is 44. The number of unbranched alkanes of at least 4 members (excludes halogenated alkanes) is 26. The van der Waals surface area contributed by atoms with Gasteiger partial charge in [0.05, 0.1) is 34.4 Å². The summed E-state index contributed by atoms with van der Waals surface area (Å²) in [6.45, 7) is 5.39. The molecule has 0 aromatic heterocycles. The zero-order chi connectivity index (χ0) is 41.3. The van der Waals surface area contributed by atoms with Crippen molar-refractivity contribution in [2.75, 3.05) is 54.1 Å². The Bertz CT molecular complexity index is 951. The molecule has 8 nitrogen and oxygen atoms in total. The Morgan fingerprint density at radius 2 is 0.982 bits per heavy atom. The van der Waals surface area contributed by atoms with Crippen molar-refractivity contribution in [2.24, 2.45) is 0 Å². The normalized spacial score (nSPS) is 13.9. The molecular weight excluding hydrogens is 721 g/mol. The summed E-state index contributed by atoms with van der Waals surface area (Å²) < 4.78 is 34.5. The fourth-order valence-corrected chi connectivity index (χ4v) is 7.31. The van der Waals surface area contributed by atoms with Gasteiger partial charge in [-0.25, -0.2) is 0 Å². The summed E-state index contributed by atoms with van der Waals surface area (Å²) >= 11 is 0. The lowest BCUT2D eigenvalue weighted by Gasteiger charge is -2.28. The van der Waals surface area contributed by atoms with Gasteiger partial charge in [-0.15, -0.1) is 0 Å². The van der Waals surface area contributed by atoms with Gasteiger partial charge in [-0.3, -0.25) is 9.36 Å². The van der Waals surface area contributed by atoms with Crippen LogP contribution >= 0.6 is 7.82 Å². The van der Waals surface area contributed by atoms with Crippen molar-refractivity contribution < 1.29 is 37.3 Å². The number of likely N-dealkylation sites (N-methyl/N-ethyl adjacent to an activating group) is 1. The summed E-state index contributed by atoms with van der Waals surface area (Å²) in [5.41, 5.74) is 0. The smallest absolute Gasteiger partial charge is 0.306 e. The number of quaternary nitrogens is 1. The molecular formula is C47H92NO7P. The topological polar surface area (TPSA) is 94.1 Å². The van der Waals surface area contributed by atoms with Crippen molar-refractivity contribution in [3.63, 3.8) is 0 Å². The Balaban J connectivity index is 3.95. The number of nitrogens with zero attached hydrogens (tertiary/aromatic N) is 1. The Hall–Kier alpha value is -1.02. The first kappa shape index (κ1) is 55.0. The van der Waals surface area contributed by atoms with E-state index in [1.165, 1.54) is 154 Å². The molecule has 332 valence electrons. The van der Waals surface area contributed by atoms with E-state index in [4.69, 9.17) is 18.5 Å². The molecule has 0 aliphatic carbocycles. The quantitative estimate of drug-likeness (QED) is 0.0199. The summed E-state index contributed by atoms with van der Waals surface area (Å²) in [5, 5.41) is 0. The SMILES string of the molecule is CCCCCCC/C=C\C/C=C\CCCCCCCCCCCCCCCCOCC(COP(=O)([O-])OCC[N+](C)(C)C)OC(=O)CCCCCCCCCC. The molecule has 56 heavy (non-hydrogen) atoms. The van der Waals surface area contributed by atoms with E-state index >= 15 is 0 Å². The van der Waals surface area contributed by atoms with Crippen LogP contribution in [0.1, 0.15) is 213 Å². The Labute approximate surface area is 347 Å². The zero-order valence-corrected chi connectivity index (χ0v) is 38.5. The van der Waals surface area contributed by atoms with Gasteiger partial charge in [0, 0.05) is 13.0 Å². The molecule has 0 rings (SSSR count). The number of allylic oxidation sites excluding steroid dienone is 4. The Morgan fingerprint density at radius 3 is 1.45 bits per heavy atom. The summed E-state index contributed by atoms with van der Waals surface area (Å²) in [5.74, 6) is -0.337. The lowest BCUT2D eigenvalue weighted by atomic mass is 10.0. The molecule has 0 N–H and O–H groups in total. The molecule has 0 saturated heterocycles. The molecule has 0 radical (unpaired) electrons. The highest BCUT2D eigenvalue weighted by Gasteiger charge is 2.20. The molecule has 0 saturated carbocycles. The molecule has 0 heterocycles. The summed E-state index contributed by atoms with van der Waals surface area (Å²) in [7, 11) is 1.36. The largest absolute Gasteiger partial charge is 0.756 e. The molecule has 2 unspecified atom stereocenters. The van der Waals surface area contributed by atoms with Crippen molar-refractivity contribution in [2.45, 2.75) is 219 Å². The van der Waals surface area contributed by atoms with Crippen LogP contribution in [0.2, 0.25) is 0 Å². The van der Waals surface area contributed by atoms with Crippen LogP contribution in [0.15, 0.2) is 24.3 Å². The van der Waals surface area contributed by atoms with E-state index in [0.717, 1.165) is 38.5 Å². The minimum Gasteiger partial charge on any atom is -0.756 e. The highest BCUT2D eigenvalue weighted by Crippen LogP contribution is 2.38. The fraction of sp³-hybridized carbons (Fsp3) is 0.894. The Morgan fingerprint density at radius 1 is 0.554 bits per heavy atom. The van der Waals surface area contributed by atoms with E-state index in [9.17, 15) is 14.3 Å². The number of phosphoric ester groups is 1. The van der Waals surface area contributed by atoms with Crippen LogP contribution in [0.4, 0.5) is 0 Å². The van der Waals surface area contributed by atoms with Crippen molar-refractivity contribution >= 4 is 13.8 Å². The first-order valence-electron chi connectivity index (χ1n) is 23.6. The second kappa shape index (κ2) is 40.7. The molecule has 0 aliphatic heterocycles. The molecule has 9 heteroatoms. The Kier molecular flexibility index (Phi) is 40.0. The van der Waals surface area contributed by atoms with Crippen LogP contribution in [0.25, 0.3) is 0 Å². The predicted molar refractivity (Wildman–Crippen MR) is 236 cm³/mol. The maximum atomic E-state index is 12.6. The summed E-state index contributed by atoms with van der Waals surface area (Å²) in [6, 6.07) is 0. The lowest BCUT2D eigenvalue weighted by molar-refractivity contribution is -0.870. The second-order valence-corrected chi connectivity index (χ2v) is 18.5. The molecule has 0 aromatic carbocycles. The number of ether oxygens (including phenoxy) is 2. The van der Waals surface area contributed by atoms with E-state index in [2.05, 4.69) is 38.2 Å². The molecule has 2 atom stereocenters. The van der Waals surface area contributed by atoms with Gasteiger partial charge in [0.1, 0.15) is 19.3 Å². The van der Waals surface area contributed by atoms with Crippen LogP contribution in [0.5, 0.6) is 0 Å². The van der Waals surface area contributed by atoms with Gasteiger partial charge in [-0.2, -0.15) is 0 Å². The molecule has 0 aromatic rings. The van der Waals surface area contributed by atoms with Gasteiger partial charge >= 0.3 is 5.97 Å². The highest BCUT2D eigenvalue weighted by molar-refractivity contribution is 7.45. The number of phosphoric acid groups is 1. The predicted octanol–water partition coefficient (Wildman–Crippen LogP) is 13.4. The van der Waals surface area contributed by atoms with E-state index in [-0.39, 0.29) is 25.8 Å². The van der Waals surface area contributed by atoms with E-state index < -0.39 is 13.9 Å². The van der Waals surface area contributed by atoms with E-state index in [1.54, 1.807) is 0 Å². The van der Waals surface area contributed by atoms with Gasteiger partial charge < -0.3 is 27.9 Å². The van der Waals surface area contributed by atoms with Crippen molar-refractivity contribution in [1.29, 1.82) is 0 Å². The second-order valence-electron chi connectivity index (χ2n) is 17.1. The summed E-state index contributed by atoms with van der Waals surface area (Å²) in [4.78, 5) is 24.9. The number of esters is 1. The summed E-state index contributed by atoms with van der Waals surface area (Å²) in [6.07, 6.45) is 46.5. The third-order valence-electron chi connectivity index (χ3n) is 10.3. The van der Waals surface area contributed by atoms with Crippen molar-refractivity contribution in [3.8, 4) is 0 Å². The van der Waals surface area contributed by atoms with Crippen LogP contribution in [0, 0.1) is 0 Å². The van der Waals surface area contributed by atoms with E-state index in [0.29, 0.717) is 24.1 Å². The third-order valence-corrected chi connectivity index (χ3v) is 11.2. The number of carbonyl (C=O) groups is 1. The monoisotopic (exact) mass is 814 g/mol. The fourth-order valence-electron chi connectivity index (χ4n) is 6.58. The maximum Gasteiger partial charge on any atom is 0.306 e. The van der Waals surface area contributed by atoms with Gasteiger partial charge in [0.2, 0.25) is 0 Å². The minimum absolute atomic E-state index is 0.0283. The standard InChI is InChI=1S/C47H92NO7P/c1-6-8-10-12-14-16-17-18-19-20-21-22-23-24-25-26-27-28-29-30-31-32-33-35-37-39-42-52-44-46(45-54-56(50,51)53-43-41-48(3,4)5)55-47(49)40-38-36-34-15-13-11-9-7-2/h17-18,20-21,46H,6-16,19,22-45H2,1-5H3/b18-17-,21-20-. The number of hydrogen-bond acceptors (Lipinski definition) is 7. The minimum atomic E-state index is -4.51. The van der Waals surface area contributed by atoms with Gasteiger partial charge in [0.25, 0.3) is 7.82 Å². The number of carbonyl (C=O) groups excluding carboxylic acids is 1. The van der Waals surface area contributed by atoms with Crippen molar-refractivity contribution in [1.82, 2.24) is 0 Å². The molecule has 0 fully saturated rings. The van der Waals surface area contributed by atoms with E-state index in [1.807, 2.05) is 21.1 Å². The van der Waals surface area contributed by atoms with Gasteiger partial charge in [-0.05, 0) is 44.9 Å². The molecule has 0 aliphatic rings. The van der Waals surface area contributed by atoms with Crippen LogP contribution in [-0.4, -0.2) is 70.7 Å². The zero-order valence-electron chi connectivity index (χ0n) is 37.6. The number of hydrogen-bond donors (Lipinski definition) is 0. The third kappa shape index (κ3) is 44.1. The maximum absolute atomic E-state index is 12.6. The average molecular weight is 814 g/mol. The molecule has 0 bridgehead atoms. The van der Waals surface area contributed by atoms with Crippen molar-refractivity contribution in [3.05, 3.63) is 24.3 Å². The highest BCUT2D eigenvalue weighted by atomic mass is 31.2. The van der Waals surface area contributed by atoms with Crippen LogP contribution in [0.3, 0.4) is 0 Å².